The zero-order valence-electron chi connectivity index (χ0n) is 21.5. The Morgan fingerprint density at radius 3 is 2.42 bits per heavy atom. The average Bonchev–Trinajstić information content (AvgIpc) is 2.99. The van der Waals surface area contributed by atoms with E-state index in [0.717, 1.165) is 13.1 Å². The van der Waals surface area contributed by atoms with Gasteiger partial charge in [-0.1, -0.05) is 12.1 Å². The van der Waals surface area contributed by atoms with E-state index in [9.17, 15) is 19.4 Å². The van der Waals surface area contributed by atoms with E-state index in [1.54, 1.807) is 17.9 Å². The van der Waals surface area contributed by atoms with Gasteiger partial charge >= 0.3 is 0 Å². The summed E-state index contributed by atoms with van der Waals surface area (Å²) in [5, 5.41) is 23.0. The van der Waals surface area contributed by atoms with Gasteiger partial charge in [-0.25, -0.2) is 4.39 Å². The van der Waals surface area contributed by atoms with E-state index in [0.29, 0.717) is 43.8 Å². The summed E-state index contributed by atoms with van der Waals surface area (Å²) in [6.45, 7) is 8.54. The third kappa shape index (κ3) is 6.55. The van der Waals surface area contributed by atoms with Gasteiger partial charge in [0.25, 0.3) is 0 Å². The van der Waals surface area contributed by atoms with Crippen molar-refractivity contribution in [1.82, 2.24) is 9.80 Å². The first-order valence-electron chi connectivity index (χ1n) is 12.7. The molecule has 0 saturated carbocycles. The summed E-state index contributed by atoms with van der Waals surface area (Å²) in [5.74, 6) is 0.0406. The highest BCUT2D eigenvalue weighted by atomic mass is 19.1. The lowest BCUT2D eigenvalue weighted by Crippen LogP contribution is -2.55. The number of β-amino-alcohol motifs (C(OH)–C–C–N with tert-alkyl or cyclic N) is 2. The molecule has 2 aliphatic rings. The molecule has 2 N–H and O–H groups in total. The van der Waals surface area contributed by atoms with Crippen LogP contribution in [0.15, 0.2) is 42.5 Å². The summed E-state index contributed by atoms with van der Waals surface area (Å²) >= 11 is 0. The first kappa shape index (κ1) is 26.4. The summed E-state index contributed by atoms with van der Waals surface area (Å²) in [6.07, 6.45) is 1.25. The van der Waals surface area contributed by atoms with Gasteiger partial charge < -0.3 is 24.7 Å². The van der Waals surface area contributed by atoms with Crippen molar-refractivity contribution in [3.63, 3.8) is 0 Å². The Balaban J connectivity index is 1.41. The van der Waals surface area contributed by atoms with Crippen LogP contribution in [-0.4, -0.2) is 89.5 Å². The van der Waals surface area contributed by atoms with E-state index in [-0.39, 0.29) is 31.4 Å². The molecule has 0 bridgehead atoms. The highest BCUT2D eigenvalue weighted by Crippen LogP contribution is 2.29. The smallest absolute Gasteiger partial charge is 0.219 e. The van der Waals surface area contributed by atoms with Crippen molar-refractivity contribution in [3.05, 3.63) is 59.4 Å². The number of nitrogens with zero attached hydrogens (tertiary/aromatic N) is 3. The van der Waals surface area contributed by atoms with Crippen LogP contribution in [0.1, 0.15) is 30.9 Å². The number of rotatable bonds is 6. The zero-order valence-corrected chi connectivity index (χ0v) is 21.5. The Bertz CT molecular complexity index is 1070. The van der Waals surface area contributed by atoms with E-state index in [1.807, 2.05) is 4.90 Å². The number of piperidine rings is 1. The summed E-state index contributed by atoms with van der Waals surface area (Å²) in [6, 6.07) is 12.9. The number of carbonyl (C=O) groups is 1. The molecule has 7 nitrogen and oxygen atoms in total. The van der Waals surface area contributed by atoms with Gasteiger partial charge in [0.1, 0.15) is 23.8 Å². The summed E-state index contributed by atoms with van der Waals surface area (Å²) < 4.78 is 19.5. The van der Waals surface area contributed by atoms with Gasteiger partial charge in [-0.2, -0.15) is 0 Å². The average molecular weight is 500 g/mol. The first-order chi connectivity index (χ1) is 17.0. The molecule has 2 heterocycles. The van der Waals surface area contributed by atoms with Crippen molar-refractivity contribution in [2.75, 3.05) is 57.3 Å². The molecule has 2 aromatic rings. The van der Waals surface area contributed by atoms with Crippen molar-refractivity contribution in [2.45, 2.75) is 44.8 Å². The molecule has 2 saturated heterocycles. The Morgan fingerprint density at radius 2 is 1.75 bits per heavy atom. The van der Waals surface area contributed by atoms with Crippen molar-refractivity contribution in [3.8, 4) is 5.75 Å². The van der Waals surface area contributed by atoms with Crippen LogP contribution in [0.2, 0.25) is 0 Å². The maximum atomic E-state index is 13.6. The lowest BCUT2D eigenvalue weighted by atomic mass is 9.90. The molecule has 1 amide bonds. The minimum Gasteiger partial charge on any atom is -0.490 e. The Labute approximate surface area is 213 Å². The lowest BCUT2D eigenvalue weighted by molar-refractivity contribution is -0.132. The zero-order chi connectivity index (χ0) is 25.9. The van der Waals surface area contributed by atoms with Crippen LogP contribution in [0.25, 0.3) is 0 Å². The third-order valence-corrected chi connectivity index (χ3v) is 7.35. The number of hydrogen-bond donors (Lipinski definition) is 2. The second-order valence-electron chi connectivity index (χ2n) is 10.6. The molecule has 2 aromatic carbocycles. The van der Waals surface area contributed by atoms with Gasteiger partial charge in [0, 0.05) is 51.9 Å². The molecule has 8 heteroatoms. The van der Waals surface area contributed by atoms with Gasteiger partial charge in [0.15, 0.2) is 0 Å². The molecule has 0 aromatic heterocycles. The number of anilines is 1. The monoisotopic (exact) mass is 499 g/mol. The molecule has 0 spiro atoms. The first-order valence-corrected chi connectivity index (χ1v) is 12.7. The molecule has 196 valence electrons. The van der Waals surface area contributed by atoms with Crippen LogP contribution in [0, 0.1) is 19.7 Å². The minimum absolute atomic E-state index is 0.0437. The van der Waals surface area contributed by atoms with Crippen LogP contribution in [-0.2, 0) is 4.79 Å². The number of halogens is 1. The summed E-state index contributed by atoms with van der Waals surface area (Å²) in [7, 11) is 0. The molecule has 0 unspecified atom stereocenters. The van der Waals surface area contributed by atoms with E-state index in [2.05, 4.69) is 36.1 Å². The number of benzene rings is 2. The number of carbonyl (C=O) groups excluding carboxylic acids is 1. The van der Waals surface area contributed by atoms with E-state index >= 15 is 0 Å². The Hall–Kier alpha value is -2.68. The topological polar surface area (TPSA) is 76.5 Å². The van der Waals surface area contributed by atoms with E-state index in [1.165, 1.54) is 30.3 Å². The van der Waals surface area contributed by atoms with Crippen LogP contribution >= 0.6 is 0 Å². The number of amides is 1. The summed E-state index contributed by atoms with van der Waals surface area (Å²) in [4.78, 5) is 18.2. The van der Waals surface area contributed by atoms with E-state index < -0.39 is 11.2 Å². The molecule has 1 atom stereocenters. The molecular formula is C28H38FN3O4. The SMILES string of the molecule is CC(=O)N1CCN(CC2(O)CCN(c3cccc(C)c3)CC2)C[C@](O)(COc2ccc(F)c(C)c2)C1. The maximum absolute atomic E-state index is 13.6. The molecular weight excluding hydrogens is 461 g/mol. The molecule has 36 heavy (non-hydrogen) atoms. The fourth-order valence-corrected chi connectivity index (χ4v) is 5.24. The fourth-order valence-electron chi connectivity index (χ4n) is 5.24. The summed E-state index contributed by atoms with van der Waals surface area (Å²) in [5.41, 5.74) is 0.647. The predicted molar refractivity (Wildman–Crippen MR) is 138 cm³/mol. The molecule has 2 fully saturated rings. The Morgan fingerprint density at radius 1 is 1.00 bits per heavy atom. The second kappa shape index (κ2) is 10.7. The predicted octanol–water partition coefficient (Wildman–Crippen LogP) is 2.75. The largest absolute Gasteiger partial charge is 0.490 e. The van der Waals surface area contributed by atoms with Gasteiger partial charge in [-0.15, -0.1) is 0 Å². The molecule has 4 rings (SSSR count). The van der Waals surface area contributed by atoms with Gasteiger partial charge in [0.05, 0.1) is 12.1 Å². The molecule has 0 aliphatic carbocycles. The van der Waals surface area contributed by atoms with Gasteiger partial charge in [0.2, 0.25) is 5.91 Å². The van der Waals surface area contributed by atoms with Crippen molar-refractivity contribution >= 4 is 11.6 Å². The van der Waals surface area contributed by atoms with Crippen LogP contribution in [0.3, 0.4) is 0 Å². The van der Waals surface area contributed by atoms with Crippen LogP contribution in [0.4, 0.5) is 10.1 Å². The fraction of sp³-hybridized carbons (Fsp3) is 0.536. The van der Waals surface area contributed by atoms with Crippen molar-refractivity contribution in [2.24, 2.45) is 0 Å². The number of ether oxygens (including phenoxy) is 1. The Kier molecular flexibility index (Phi) is 7.87. The van der Waals surface area contributed by atoms with Crippen molar-refractivity contribution < 1.29 is 24.1 Å². The maximum Gasteiger partial charge on any atom is 0.219 e. The number of aryl methyl sites for hydroxylation is 2. The van der Waals surface area contributed by atoms with Crippen LogP contribution in [0.5, 0.6) is 5.75 Å². The van der Waals surface area contributed by atoms with Gasteiger partial charge in [-0.05, 0) is 68.1 Å². The number of hydrogen-bond acceptors (Lipinski definition) is 6. The second-order valence-corrected chi connectivity index (χ2v) is 10.6. The van der Waals surface area contributed by atoms with Crippen LogP contribution < -0.4 is 9.64 Å². The number of aliphatic hydroxyl groups is 2. The lowest BCUT2D eigenvalue weighted by Gasteiger charge is -2.42. The highest BCUT2D eigenvalue weighted by molar-refractivity contribution is 5.73. The molecule has 0 radical (unpaired) electrons. The minimum atomic E-state index is -1.33. The standard InChI is InChI=1S/C28H38FN3O4/c1-21-5-4-6-24(15-21)31-11-9-27(34,10-12-31)17-30-13-14-32(23(3)33)19-28(35,18-30)20-36-25-7-8-26(29)22(2)16-25/h4-8,15-16,34-35H,9-14,17-20H2,1-3H3/t28-/m1/s1. The third-order valence-electron chi connectivity index (χ3n) is 7.35. The normalized spacial score (nSPS) is 22.8. The van der Waals surface area contributed by atoms with Crippen molar-refractivity contribution in [1.29, 1.82) is 0 Å². The van der Waals surface area contributed by atoms with E-state index in [4.69, 9.17) is 4.74 Å². The van der Waals surface area contributed by atoms with Gasteiger partial charge in [-0.3, -0.25) is 9.69 Å². The highest BCUT2D eigenvalue weighted by Gasteiger charge is 2.41. The molecule has 2 aliphatic heterocycles. The quantitative estimate of drug-likeness (QED) is 0.637.